The van der Waals surface area contributed by atoms with E-state index < -0.39 is 7.26 Å². The third-order valence-electron chi connectivity index (χ3n) is 5.64. The zero-order chi connectivity index (χ0) is 20.9. The number of rotatable bonds is 7. The van der Waals surface area contributed by atoms with Crippen LogP contribution in [0.1, 0.15) is 35.1 Å². The van der Waals surface area contributed by atoms with Crippen LogP contribution in [-0.2, 0) is 20.9 Å². The van der Waals surface area contributed by atoms with Crippen LogP contribution in [0.15, 0.2) is 42.5 Å². The highest BCUT2D eigenvalue weighted by molar-refractivity contribution is 7.77. The predicted molar refractivity (Wildman–Crippen MR) is 121 cm³/mol. The van der Waals surface area contributed by atoms with Crippen molar-refractivity contribution in [1.82, 2.24) is 0 Å². The number of hydrogen-bond donors (Lipinski definition) is 1. The fraction of sp³-hybridized carbons (Fsp3) is 0.417. The molecule has 0 radical (unpaired) electrons. The Morgan fingerprint density at radius 3 is 2.21 bits per heavy atom. The fourth-order valence-corrected chi connectivity index (χ4v) is 8.38. The van der Waals surface area contributed by atoms with Crippen LogP contribution in [0.2, 0.25) is 0 Å². The van der Waals surface area contributed by atoms with Crippen LogP contribution < -0.4 is 5.32 Å². The van der Waals surface area contributed by atoms with E-state index >= 15 is 0 Å². The molecule has 1 aliphatic rings. The number of aryl methyl sites for hydroxylation is 3. The van der Waals surface area contributed by atoms with Gasteiger partial charge in [-0.25, -0.2) is 4.79 Å². The first-order valence-corrected chi connectivity index (χ1v) is 12.8. The van der Waals surface area contributed by atoms with Crippen molar-refractivity contribution in [3.63, 3.8) is 0 Å². The van der Waals surface area contributed by atoms with E-state index in [0.717, 1.165) is 47.5 Å². The third-order valence-corrected chi connectivity index (χ3v) is 10.1. The van der Waals surface area contributed by atoms with Crippen molar-refractivity contribution in [2.75, 3.05) is 30.0 Å². The van der Waals surface area contributed by atoms with E-state index in [1.165, 1.54) is 5.56 Å². The van der Waals surface area contributed by atoms with E-state index in [-0.39, 0.29) is 11.9 Å². The van der Waals surface area contributed by atoms with Crippen LogP contribution in [0, 0.1) is 20.8 Å². The van der Waals surface area contributed by atoms with Gasteiger partial charge in [0.15, 0.2) is 6.16 Å². The number of benzene rings is 2. The SMILES string of the molecule is Cc1cc(C)c(NC(=O)C[P+]2(CC(=O)OCc3ccccc3)CCCC2)c(C)c1. The Morgan fingerprint density at radius 1 is 0.966 bits per heavy atom. The molecule has 2 aromatic carbocycles. The Morgan fingerprint density at radius 2 is 1.59 bits per heavy atom. The standard InChI is InChI=1S/C24H30NO3P/c1-18-13-19(2)24(20(3)14-18)25-22(26)16-29(11-7-8-12-29)17-23(27)28-15-21-9-5-4-6-10-21/h4-6,9-10,13-14H,7-8,11-12,15-17H2,1-3H3/p+1. The lowest BCUT2D eigenvalue weighted by atomic mass is 10.1. The van der Waals surface area contributed by atoms with Crippen molar-refractivity contribution in [2.24, 2.45) is 0 Å². The van der Waals surface area contributed by atoms with Gasteiger partial charge in [0, 0.05) is 12.9 Å². The molecule has 0 bridgehead atoms. The minimum atomic E-state index is -1.64. The van der Waals surface area contributed by atoms with E-state index in [9.17, 15) is 9.59 Å². The minimum absolute atomic E-state index is 0.0335. The number of nitrogens with one attached hydrogen (secondary N) is 1. The van der Waals surface area contributed by atoms with Crippen molar-refractivity contribution in [3.05, 3.63) is 64.7 Å². The smallest absolute Gasteiger partial charge is 0.344 e. The number of hydrogen-bond acceptors (Lipinski definition) is 3. The average molecular weight is 412 g/mol. The van der Waals surface area contributed by atoms with Crippen LogP contribution >= 0.6 is 7.26 Å². The summed E-state index contributed by atoms with van der Waals surface area (Å²) in [4.78, 5) is 25.4. The van der Waals surface area contributed by atoms with Crippen LogP contribution in [0.25, 0.3) is 0 Å². The lowest BCUT2D eigenvalue weighted by Crippen LogP contribution is -2.25. The van der Waals surface area contributed by atoms with Gasteiger partial charge in [-0.1, -0.05) is 48.0 Å². The molecule has 0 aromatic heterocycles. The molecular formula is C24H31NO3P+. The summed E-state index contributed by atoms with van der Waals surface area (Å²) in [6, 6.07) is 13.9. The molecule has 5 heteroatoms. The Hall–Kier alpha value is -2.19. The monoisotopic (exact) mass is 412 g/mol. The normalized spacial score (nSPS) is 15.1. The van der Waals surface area contributed by atoms with E-state index in [1.54, 1.807) is 0 Å². The van der Waals surface area contributed by atoms with Crippen LogP contribution in [0.4, 0.5) is 5.69 Å². The molecule has 1 saturated heterocycles. The van der Waals surface area contributed by atoms with Gasteiger partial charge in [0.2, 0.25) is 0 Å². The molecule has 0 atom stereocenters. The highest BCUT2D eigenvalue weighted by Crippen LogP contribution is 2.63. The fourth-order valence-electron chi connectivity index (χ4n) is 4.30. The van der Waals surface area contributed by atoms with Gasteiger partial charge in [-0.2, -0.15) is 0 Å². The molecule has 1 amide bonds. The first-order valence-electron chi connectivity index (χ1n) is 10.3. The van der Waals surface area contributed by atoms with Crippen molar-refractivity contribution < 1.29 is 14.3 Å². The topological polar surface area (TPSA) is 55.4 Å². The van der Waals surface area contributed by atoms with Gasteiger partial charge in [0.25, 0.3) is 5.91 Å². The highest BCUT2D eigenvalue weighted by Gasteiger charge is 2.45. The number of amides is 1. The molecule has 1 heterocycles. The molecule has 1 aliphatic heterocycles. The second-order valence-electron chi connectivity index (χ2n) is 8.28. The van der Waals surface area contributed by atoms with Gasteiger partial charge in [-0.3, -0.25) is 4.79 Å². The second-order valence-corrected chi connectivity index (χ2v) is 12.5. The van der Waals surface area contributed by atoms with Crippen LogP contribution in [-0.4, -0.2) is 36.5 Å². The summed E-state index contributed by atoms with van der Waals surface area (Å²) in [5.41, 5.74) is 5.25. The zero-order valence-electron chi connectivity index (χ0n) is 17.7. The number of carbonyl (C=O) groups is 2. The summed E-state index contributed by atoms with van der Waals surface area (Å²) < 4.78 is 5.52. The molecule has 1 fully saturated rings. The van der Waals surface area contributed by atoms with E-state index in [1.807, 2.05) is 44.2 Å². The van der Waals surface area contributed by atoms with Crippen molar-refractivity contribution in [3.8, 4) is 0 Å². The van der Waals surface area contributed by atoms with E-state index in [0.29, 0.717) is 18.9 Å². The van der Waals surface area contributed by atoms with Gasteiger partial charge < -0.3 is 10.1 Å². The van der Waals surface area contributed by atoms with Gasteiger partial charge in [-0.05, 0) is 50.3 Å². The molecule has 4 nitrogen and oxygen atoms in total. The van der Waals surface area contributed by atoms with Crippen molar-refractivity contribution >= 4 is 24.8 Å². The van der Waals surface area contributed by atoms with Crippen molar-refractivity contribution in [2.45, 2.75) is 40.2 Å². The molecule has 2 aromatic rings. The van der Waals surface area contributed by atoms with Crippen LogP contribution in [0.5, 0.6) is 0 Å². The lowest BCUT2D eigenvalue weighted by molar-refractivity contribution is -0.141. The van der Waals surface area contributed by atoms with Crippen molar-refractivity contribution in [1.29, 1.82) is 0 Å². The largest absolute Gasteiger partial charge is 0.458 e. The molecular weight excluding hydrogens is 381 g/mol. The molecule has 3 rings (SSSR count). The Bertz CT molecular complexity index is 850. The highest BCUT2D eigenvalue weighted by atomic mass is 31.2. The molecule has 0 saturated carbocycles. The predicted octanol–water partition coefficient (Wildman–Crippen LogP) is 5.11. The number of anilines is 1. The molecule has 1 N–H and O–H groups in total. The lowest BCUT2D eigenvalue weighted by Gasteiger charge is -2.21. The molecule has 154 valence electrons. The number of carbonyl (C=O) groups excluding carboxylic acids is 2. The van der Waals surface area contributed by atoms with E-state index in [4.69, 9.17) is 4.74 Å². The second kappa shape index (κ2) is 9.54. The summed E-state index contributed by atoms with van der Waals surface area (Å²) >= 11 is 0. The maximum Gasteiger partial charge on any atom is 0.344 e. The summed E-state index contributed by atoms with van der Waals surface area (Å²) in [6.45, 7) is 6.41. The maximum atomic E-state index is 12.9. The number of esters is 1. The Labute approximate surface area is 174 Å². The first kappa shape index (κ1) is 21.5. The van der Waals surface area contributed by atoms with E-state index in [2.05, 4.69) is 24.4 Å². The quantitative estimate of drug-likeness (QED) is 0.508. The van der Waals surface area contributed by atoms with Gasteiger partial charge >= 0.3 is 5.97 Å². The molecule has 0 spiro atoms. The van der Waals surface area contributed by atoms with Gasteiger partial charge in [-0.15, -0.1) is 0 Å². The van der Waals surface area contributed by atoms with Crippen LogP contribution in [0.3, 0.4) is 0 Å². The Kier molecular flexibility index (Phi) is 7.08. The number of ether oxygens (including phenoxy) is 1. The zero-order valence-corrected chi connectivity index (χ0v) is 18.6. The maximum absolute atomic E-state index is 12.9. The third kappa shape index (κ3) is 5.90. The molecule has 29 heavy (non-hydrogen) atoms. The Balaban J connectivity index is 1.61. The summed E-state index contributed by atoms with van der Waals surface area (Å²) in [5.74, 6) is -0.134. The molecule has 0 unspecified atom stereocenters. The average Bonchev–Trinajstić information content (AvgIpc) is 3.11. The summed E-state index contributed by atoms with van der Waals surface area (Å²) in [6.07, 6.45) is 5.12. The summed E-state index contributed by atoms with van der Waals surface area (Å²) in [5, 5.41) is 3.13. The van der Waals surface area contributed by atoms with Gasteiger partial charge in [0.1, 0.15) is 12.8 Å². The summed E-state index contributed by atoms with van der Waals surface area (Å²) in [7, 11) is -1.64. The minimum Gasteiger partial charge on any atom is -0.458 e. The molecule has 0 aliphatic carbocycles. The van der Waals surface area contributed by atoms with Gasteiger partial charge in [0.05, 0.1) is 12.3 Å². The first-order chi connectivity index (χ1) is 13.9.